The molecule has 0 aliphatic carbocycles. The first-order valence-corrected chi connectivity index (χ1v) is 8.03. The van der Waals surface area contributed by atoms with Crippen molar-refractivity contribution in [2.24, 2.45) is 0 Å². The molecular formula is C19H20N4O2. The fraction of sp³-hybridized carbons (Fsp3) is 0.211. The number of carbonyl (C=O) groups excluding carboxylic acids is 1. The van der Waals surface area contributed by atoms with Gasteiger partial charge in [-0.2, -0.15) is 0 Å². The van der Waals surface area contributed by atoms with E-state index in [0.29, 0.717) is 36.2 Å². The molecule has 0 radical (unpaired) electrons. The van der Waals surface area contributed by atoms with Crippen molar-refractivity contribution in [2.75, 3.05) is 11.9 Å². The Morgan fingerprint density at radius 2 is 1.96 bits per heavy atom. The second-order valence-electron chi connectivity index (χ2n) is 5.76. The first-order valence-electron chi connectivity index (χ1n) is 8.03. The zero-order chi connectivity index (χ0) is 17.6. The third-order valence-corrected chi connectivity index (χ3v) is 3.71. The van der Waals surface area contributed by atoms with Gasteiger partial charge in [-0.25, -0.2) is 9.97 Å². The van der Waals surface area contributed by atoms with Gasteiger partial charge in [0.25, 0.3) is 5.91 Å². The summed E-state index contributed by atoms with van der Waals surface area (Å²) in [6.07, 6.45) is 1.58. The average molecular weight is 336 g/mol. The Kier molecular flexibility index (Phi) is 5.09. The van der Waals surface area contributed by atoms with E-state index in [1.807, 2.05) is 36.2 Å². The summed E-state index contributed by atoms with van der Waals surface area (Å²) in [7, 11) is 1.94. The molecule has 2 aromatic heterocycles. The summed E-state index contributed by atoms with van der Waals surface area (Å²) in [4.78, 5) is 23.0. The van der Waals surface area contributed by atoms with Gasteiger partial charge in [0, 0.05) is 19.7 Å². The van der Waals surface area contributed by atoms with Crippen LogP contribution in [0.4, 0.5) is 5.82 Å². The number of aromatic nitrogens is 2. The van der Waals surface area contributed by atoms with E-state index in [2.05, 4.69) is 27.4 Å². The molecule has 0 saturated carbocycles. The van der Waals surface area contributed by atoms with Crippen molar-refractivity contribution in [3.8, 4) is 0 Å². The zero-order valence-corrected chi connectivity index (χ0v) is 14.3. The molecule has 6 nitrogen and oxygen atoms in total. The average Bonchev–Trinajstić information content (AvgIpc) is 3.13. The number of carbonyl (C=O) groups is 1. The minimum atomic E-state index is -0.253. The maximum absolute atomic E-state index is 12.4. The van der Waals surface area contributed by atoms with Gasteiger partial charge in [-0.15, -0.1) is 0 Å². The fourth-order valence-electron chi connectivity index (χ4n) is 2.47. The quantitative estimate of drug-likeness (QED) is 0.749. The lowest BCUT2D eigenvalue weighted by Crippen LogP contribution is -2.25. The molecule has 1 N–H and O–H groups in total. The number of benzene rings is 1. The van der Waals surface area contributed by atoms with Crippen LogP contribution in [0.5, 0.6) is 0 Å². The van der Waals surface area contributed by atoms with E-state index in [0.717, 1.165) is 0 Å². The summed E-state index contributed by atoms with van der Waals surface area (Å²) < 4.78 is 5.22. The van der Waals surface area contributed by atoms with Crippen LogP contribution in [0.1, 0.15) is 27.6 Å². The zero-order valence-electron chi connectivity index (χ0n) is 14.3. The Morgan fingerprint density at radius 3 is 2.68 bits per heavy atom. The van der Waals surface area contributed by atoms with Gasteiger partial charge in [0.15, 0.2) is 0 Å². The summed E-state index contributed by atoms with van der Waals surface area (Å²) in [5.74, 6) is 1.71. The minimum absolute atomic E-state index is 0.253. The predicted octanol–water partition coefficient (Wildman–Crippen LogP) is 2.94. The Bertz CT molecular complexity index is 832. The van der Waals surface area contributed by atoms with Gasteiger partial charge in [0.05, 0.1) is 12.8 Å². The minimum Gasteiger partial charge on any atom is -0.467 e. The number of hydrogen-bond donors (Lipinski definition) is 1. The molecule has 0 unspecified atom stereocenters. The third-order valence-electron chi connectivity index (χ3n) is 3.71. The number of amides is 1. The van der Waals surface area contributed by atoms with E-state index >= 15 is 0 Å². The molecule has 2 heterocycles. The molecule has 3 rings (SSSR count). The van der Waals surface area contributed by atoms with Crippen LogP contribution in [0.3, 0.4) is 0 Å². The van der Waals surface area contributed by atoms with Crippen LogP contribution < -0.4 is 10.2 Å². The van der Waals surface area contributed by atoms with E-state index in [9.17, 15) is 4.79 Å². The summed E-state index contributed by atoms with van der Waals surface area (Å²) in [5, 5.41) is 2.80. The van der Waals surface area contributed by atoms with Crippen molar-refractivity contribution in [3.05, 3.63) is 77.6 Å². The molecular weight excluding hydrogens is 316 g/mol. The van der Waals surface area contributed by atoms with Crippen molar-refractivity contribution in [3.63, 3.8) is 0 Å². The molecule has 128 valence electrons. The normalized spacial score (nSPS) is 10.5. The van der Waals surface area contributed by atoms with Crippen LogP contribution in [0.25, 0.3) is 0 Å². The molecule has 25 heavy (non-hydrogen) atoms. The maximum atomic E-state index is 12.4. The molecule has 1 aromatic carbocycles. The van der Waals surface area contributed by atoms with Crippen LogP contribution in [-0.4, -0.2) is 22.9 Å². The number of nitrogens with one attached hydrogen (secondary N) is 1. The van der Waals surface area contributed by atoms with E-state index in [1.165, 1.54) is 5.56 Å². The lowest BCUT2D eigenvalue weighted by Gasteiger charge is -2.19. The first-order chi connectivity index (χ1) is 12.1. The van der Waals surface area contributed by atoms with Gasteiger partial charge in [-0.05, 0) is 24.6 Å². The molecule has 0 fully saturated rings. The fourth-order valence-corrected chi connectivity index (χ4v) is 2.47. The van der Waals surface area contributed by atoms with Gasteiger partial charge in [0.1, 0.15) is 23.1 Å². The van der Waals surface area contributed by atoms with Gasteiger partial charge in [-0.3, -0.25) is 4.79 Å². The number of nitrogens with zero attached hydrogens (tertiary/aromatic N) is 3. The Hall–Kier alpha value is -3.15. The van der Waals surface area contributed by atoms with Crippen molar-refractivity contribution < 1.29 is 9.21 Å². The van der Waals surface area contributed by atoms with Crippen molar-refractivity contribution in [1.29, 1.82) is 0 Å². The highest BCUT2D eigenvalue weighted by atomic mass is 16.3. The number of furan rings is 1. The van der Waals surface area contributed by atoms with Crippen LogP contribution >= 0.6 is 0 Å². The van der Waals surface area contributed by atoms with Crippen LogP contribution in [0.15, 0.2) is 59.2 Å². The second kappa shape index (κ2) is 7.61. The smallest absolute Gasteiger partial charge is 0.270 e. The van der Waals surface area contributed by atoms with Gasteiger partial charge in [-0.1, -0.05) is 30.3 Å². The van der Waals surface area contributed by atoms with E-state index < -0.39 is 0 Å². The third kappa shape index (κ3) is 4.44. The van der Waals surface area contributed by atoms with E-state index in [4.69, 9.17) is 4.42 Å². The van der Waals surface area contributed by atoms with Crippen molar-refractivity contribution >= 4 is 11.7 Å². The molecule has 1 amide bonds. The lowest BCUT2D eigenvalue weighted by molar-refractivity contribution is 0.0942. The van der Waals surface area contributed by atoms with Crippen LogP contribution in [-0.2, 0) is 13.1 Å². The molecule has 0 aliphatic rings. The van der Waals surface area contributed by atoms with Gasteiger partial charge >= 0.3 is 0 Å². The molecule has 6 heteroatoms. The Balaban J connectivity index is 1.72. The summed E-state index contributed by atoms with van der Waals surface area (Å²) >= 11 is 0. The van der Waals surface area contributed by atoms with E-state index in [-0.39, 0.29) is 5.91 Å². The Morgan fingerprint density at radius 1 is 1.16 bits per heavy atom. The lowest BCUT2D eigenvalue weighted by atomic mass is 10.2. The summed E-state index contributed by atoms with van der Waals surface area (Å²) in [6, 6.07) is 15.4. The van der Waals surface area contributed by atoms with E-state index in [1.54, 1.807) is 25.3 Å². The molecule has 0 aliphatic heterocycles. The first kappa shape index (κ1) is 16.7. The predicted molar refractivity (Wildman–Crippen MR) is 95.2 cm³/mol. The second-order valence-corrected chi connectivity index (χ2v) is 5.76. The molecule has 0 spiro atoms. The number of rotatable bonds is 6. The molecule has 0 atom stereocenters. The van der Waals surface area contributed by atoms with Crippen molar-refractivity contribution in [2.45, 2.75) is 20.0 Å². The van der Waals surface area contributed by atoms with Crippen LogP contribution in [0, 0.1) is 6.92 Å². The molecule has 0 saturated heterocycles. The molecule has 0 bridgehead atoms. The summed E-state index contributed by atoms with van der Waals surface area (Å²) in [6.45, 7) is 2.80. The largest absolute Gasteiger partial charge is 0.467 e. The number of hydrogen-bond acceptors (Lipinski definition) is 5. The standard InChI is InChI=1S/C19H20N4O2/c1-14-21-17(19(24)20-12-16-9-6-10-25-16)11-18(22-14)23(2)13-15-7-4-3-5-8-15/h3-11H,12-13H2,1-2H3,(H,20,24). The maximum Gasteiger partial charge on any atom is 0.270 e. The number of aryl methyl sites for hydroxylation is 1. The highest BCUT2D eigenvalue weighted by molar-refractivity contribution is 5.92. The van der Waals surface area contributed by atoms with Crippen LogP contribution in [0.2, 0.25) is 0 Å². The number of anilines is 1. The topological polar surface area (TPSA) is 71.3 Å². The monoisotopic (exact) mass is 336 g/mol. The highest BCUT2D eigenvalue weighted by Gasteiger charge is 2.13. The SMILES string of the molecule is Cc1nc(C(=O)NCc2ccco2)cc(N(C)Cc2ccccc2)n1. The van der Waals surface area contributed by atoms with Crippen molar-refractivity contribution in [1.82, 2.24) is 15.3 Å². The van der Waals surface area contributed by atoms with Gasteiger partial charge in [0.2, 0.25) is 0 Å². The highest BCUT2D eigenvalue weighted by Crippen LogP contribution is 2.14. The Labute approximate surface area is 146 Å². The summed E-state index contributed by atoms with van der Waals surface area (Å²) in [5.41, 5.74) is 1.51. The van der Waals surface area contributed by atoms with Gasteiger partial charge < -0.3 is 14.6 Å². The molecule has 3 aromatic rings.